The molecule has 0 radical (unpaired) electrons. The fourth-order valence-corrected chi connectivity index (χ4v) is 2.85. The van der Waals surface area contributed by atoms with Gasteiger partial charge in [-0.1, -0.05) is 11.6 Å². The molecular formula is C15H21ClN4O2. The van der Waals surface area contributed by atoms with Gasteiger partial charge in [-0.15, -0.1) is 0 Å². The van der Waals surface area contributed by atoms with E-state index in [-0.39, 0.29) is 6.09 Å². The van der Waals surface area contributed by atoms with Crippen molar-refractivity contribution in [1.29, 1.82) is 0 Å². The first-order valence-corrected chi connectivity index (χ1v) is 8.26. The van der Waals surface area contributed by atoms with E-state index in [1.54, 1.807) is 11.0 Å². The number of nitrogens with one attached hydrogen (secondary N) is 1. The van der Waals surface area contributed by atoms with Crippen LogP contribution in [0.2, 0.25) is 5.15 Å². The summed E-state index contributed by atoms with van der Waals surface area (Å²) in [5.41, 5.74) is 0. The average Bonchev–Trinajstić information content (AvgIpc) is 3.32. The molecule has 0 bridgehead atoms. The molecule has 1 saturated heterocycles. The van der Waals surface area contributed by atoms with Crippen LogP contribution in [0.3, 0.4) is 0 Å². The van der Waals surface area contributed by atoms with Gasteiger partial charge in [0, 0.05) is 31.1 Å². The molecule has 22 heavy (non-hydrogen) atoms. The summed E-state index contributed by atoms with van der Waals surface area (Å²) in [6.07, 6.45) is 3.83. The van der Waals surface area contributed by atoms with Crippen LogP contribution in [0.4, 0.5) is 10.6 Å². The Balaban J connectivity index is 1.55. The molecule has 0 unspecified atom stereocenters. The van der Waals surface area contributed by atoms with E-state index >= 15 is 0 Å². The van der Waals surface area contributed by atoms with Gasteiger partial charge >= 0.3 is 6.09 Å². The number of amides is 1. The van der Waals surface area contributed by atoms with E-state index in [1.165, 1.54) is 0 Å². The van der Waals surface area contributed by atoms with Gasteiger partial charge in [-0.2, -0.15) is 0 Å². The Bertz CT molecular complexity index is 542. The summed E-state index contributed by atoms with van der Waals surface area (Å²) in [5.74, 6) is 2.11. The predicted octanol–water partition coefficient (Wildman–Crippen LogP) is 3.04. The van der Waals surface area contributed by atoms with Gasteiger partial charge < -0.3 is 15.0 Å². The number of hydrogen-bond donors (Lipinski definition) is 1. The van der Waals surface area contributed by atoms with E-state index < -0.39 is 0 Å². The third kappa shape index (κ3) is 3.80. The summed E-state index contributed by atoms with van der Waals surface area (Å²) in [7, 11) is 0. The van der Waals surface area contributed by atoms with Crippen molar-refractivity contribution in [1.82, 2.24) is 14.9 Å². The van der Waals surface area contributed by atoms with Crippen LogP contribution < -0.4 is 5.32 Å². The summed E-state index contributed by atoms with van der Waals surface area (Å²) >= 11 is 6.08. The highest BCUT2D eigenvalue weighted by Crippen LogP contribution is 2.38. The monoisotopic (exact) mass is 324 g/mol. The largest absolute Gasteiger partial charge is 0.450 e. The van der Waals surface area contributed by atoms with Gasteiger partial charge in [-0.05, 0) is 32.6 Å². The van der Waals surface area contributed by atoms with Gasteiger partial charge in [-0.25, -0.2) is 14.8 Å². The number of rotatable bonds is 4. The second kappa shape index (κ2) is 6.69. The molecule has 7 heteroatoms. The number of nitrogens with zero attached hydrogens (tertiary/aromatic N) is 3. The molecule has 1 aromatic rings. The zero-order chi connectivity index (χ0) is 15.5. The topological polar surface area (TPSA) is 67.3 Å². The maximum absolute atomic E-state index is 11.7. The van der Waals surface area contributed by atoms with Crippen LogP contribution in [-0.2, 0) is 4.74 Å². The Morgan fingerprint density at radius 1 is 1.36 bits per heavy atom. The lowest BCUT2D eigenvalue weighted by molar-refractivity contribution is 0.0983. The maximum atomic E-state index is 11.7. The van der Waals surface area contributed by atoms with Gasteiger partial charge in [0.05, 0.1) is 6.61 Å². The molecule has 1 saturated carbocycles. The number of aromatic nitrogens is 2. The van der Waals surface area contributed by atoms with E-state index in [0.29, 0.717) is 36.8 Å². The van der Waals surface area contributed by atoms with Crippen LogP contribution in [0.5, 0.6) is 0 Å². The first-order chi connectivity index (χ1) is 10.7. The van der Waals surface area contributed by atoms with E-state index in [1.807, 2.05) is 6.92 Å². The number of ether oxygens (including phenoxy) is 1. The molecule has 2 fully saturated rings. The highest BCUT2D eigenvalue weighted by molar-refractivity contribution is 6.29. The van der Waals surface area contributed by atoms with Gasteiger partial charge in [-0.3, -0.25) is 0 Å². The zero-order valence-corrected chi connectivity index (χ0v) is 13.5. The first kappa shape index (κ1) is 15.3. The molecular weight excluding hydrogens is 304 g/mol. The number of carbonyl (C=O) groups is 1. The summed E-state index contributed by atoms with van der Waals surface area (Å²) < 4.78 is 5.03. The lowest BCUT2D eigenvalue weighted by atomic mass is 10.1. The fraction of sp³-hybridized carbons (Fsp3) is 0.667. The van der Waals surface area contributed by atoms with Crippen LogP contribution in [0.15, 0.2) is 6.07 Å². The van der Waals surface area contributed by atoms with Crippen LogP contribution in [0, 0.1) is 0 Å². The number of anilines is 1. The van der Waals surface area contributed by atoms with E-state index in [9.17, 15) is 4.79 Å². The van der Waals surface area contributed by atoms with Crippen molar-refractivity contribution in [3.8, 4) is 0 Å². The fourth-order valence-electron chi connectivity index (χ4n) is 2.66. The highest BCUT2D eigenvalue weighted by atomic mass is 35.5. The second-order valence-electron chi connectivity index (χ2n) is 5.81. The minimum Gasteiger partial charge on any atom is -0.450 e. The van der Waals surface area contributed by atoms with Gasteiger partial charge in [0.25, 0.3) is 0 Å². The molecule has 0 atom stereocenters. The molecule has 0 aromatic carbocycles. The molecule has 1 aliphatic heterocycles. The average molecular weight is 325 g/mol. The van der Waals surface area contributed by atoms with Crippen LogP contribution >= 0.6 is 11.6 Å². The first-order valence-electron chi connectivity index (χ1n) is 7.88. The molecule has 120 valence electrons. The summed E-state index contributed by atoms with van der Waals surface area (Å²) in [6.45, 7) is 3.64. The summed E-state index contributed by atoms with van der Waals surface area (Å²) in [4.78, 5) is 22.3. The Kier molecular flexibility index (Phi) is 4.66. The van der Waals surface area contributed by atoms with Crippen LogP contribution in [0.1, 0.15) is 44.3 Å². The SMILES string of the molecule is CCOC(=O)N1CCC(Nc2cc(Cl)nc(C3CC3)n2)CC1. The van der Waals surface area contributed by atoms with E-state index in [2.05, 4.69) is 15.3 Å². The Labute approximate surface area is 135 Å². The maximum Gasteiger partial charge on any atom is 0.409 e. The number of likely N-dealkylation sites (tertiary alicyclic amines) is 1. The van der Waals surface area contributed by atoms with Crippen molar-refractivity contribution in [2.75, 3.05) is 25.0 Å². The second-order valence-corrected chi connectivity index (χ2v) is 6.20. The van der Waals surface area contributed by atoms with Gasteiger partial charge in [0.15, 0.2) is 0 Å². The number of carbonyl (C=O) groups excluding carboxylic acids is 1. The summed E-state index contributed by atoms with van der Waals surface area (Å²) in [5, 5.41) is 3.91. The van der Waals surface area contributed by atoms with Crippen molar-refractivity contribution in [2.45, 2.75) is 44.6 Å². The number of hydrogen-bond acceptors (Lipinski definition) is 5. The van der Waals surface area contributed by atoms with Crippen molar-refractivity contribution in [2.24, 2.45) is 0 Å². The number of piperidine rings is 1. The van der Waals surface area contributed by atoms with Crippen LogP contribution in [0.25, 0.3) is 0 Å². The normalized spacial score (nSPS) is 19.1. The Hall–Kier alpha value is -1.56. The molecule has 3 rings (SSSR count). The summed E-state index contributed by atoms with van der Waals surface area (Å²) in [6, 6.07) is 2.06. The quantitative estimate of drug-likeness (QED) is 0.862. The molecule has 2 heterocycles. The van der Waals surface area contributed by atoms with Crippen molar-refractivity contribution in [3.63, 3.8) is 0 Å². The molecule has 2 aliphatic rings. The minimum absolute atomic E-state index is 0.220. The lowest BCUT2D eigenvalue weighted by Gasteiger charge is -2.31. The molecule has 6 nitrogen and oxygen atoms in total. The van der Waals surface area contributed by atoms with Gasteiger partial charge in [0.2, 0.25) is 0 Å². The molecule has 1 N–H and O–H groups in total. The third-order valence-corrected chi connectivity index (χ3v) is 4.22. The lowest BCUT2D eigenvalue weighted by Crippen LogP contribution is -2.42. The highest BCUT2D eigenvalue weighted by Gasteiger charge is 2.28. The molecule has 1 aromatic heterocycles. The third-order valence-electron chi connectivity index (χ3n) is 4.03. The Morgan fingerprint density at radius 3 is 2.73 bits per heavy atom. The van der Waals surface area contributed by atoms with E-state index in [4.69, 9.17) is 16.3 Å². The standard InChI is InChI=1S/C15H21ClN4O2/c1-2-22-15(21)20-7-5-11(6-8-20)17-13-9-12(16)18-14(19-13)10-3-4-10/h9-11H,2-8H2,1H3,(H,17,18,19). The molecule has 1 amide bonds. The van der Waals surface area contributed by atoms with Crippen molar-refractivity contribution < 1.29 is 9.53 Å². The van der Waals surface area contributed by atoms with Crippen molar-refractivity contribution >= 4 is 23.5 Å². The minimum atomic E-state index is -0.220. The van der Waals surface area contributed by atoms with Gasteiger partial charge in [0.1, 0.15) is 16.8 Å². The van der Waals surface area contributed by atoms with E-state index in [0.717, 1.165) is 37.3 Å². The van der Waals surface area contributed by atoms with Crippen LogP contribution in [-0.4, -0.2) is 46.7 Å². The Morgan fingerprint density at radius 2 is 2.09 bits per heavy atom. The number of halogens is 1. The smallest absolute Gasteiger partial charge is 0.409 e. The molecule has 1 aliphatic carbocycles. The van der Waals surface area contributed by atoms with Crippen molar-refractivity contribution in [3.05, 3.63) is 17.0 Å². The molecule has 0 spiro atoms. The predicted molar refractivity (Wildman–Crippen MR) is 84.3 cm³/mol. The zero-order valence-electron chi connectivity index (χ0n) is 12.7.